The topological polar surface area (TPSA) is 71.5 Å². The van der Waals surface area contributed by atoms with Crippen LogP contribution in [-0.4, -0.2) is 35.6 Å². The van der Waals surface area contributed by atoms with Gasteiger partial charge in [-0.2, -0.15) is 13.2 Å². The second-order valence-corrected chi connectivity index (χ2v) is 7.63. The highest BCUT2D eigenvalue weighted by Gasteiger charge is 2.47. The van der Waals surface area contributed by atoms with E-state index in [4.69, 9.17) is 4.74 Å². The average Bonchev–Trinajstić information content (AvgIpc) is 2.78. The Kier molecular flexibility index (Phi) is 7.71. The number of benzene rings is 1. The second kappa shape index (κ2) is 10.5. The largest absolute Gasteiger partial charge is 0.494 e. The van der Waals surface area contributed by atoms with Gasteiger partial charge in [0.2, 0.25) is 5.91 Å². The molecule has 3 rings (SSSR count). The number of nitrogens with one attached hydrogen (secondary N) is 1. The average molecular weight is 449 g/mol. The number of pyridine rings is 1. The lowest BCUT2D eigenvalue weighted by molar-refractivity contribution is -0.171. The van der Waals surface area contributed by atoms with E-state index < -0.39 is 24.0 Å². The van der Waals surface area contributed by atoms with Crippen LogP contribution in [0.2, 0.25) is 0 Å². The molecule has 1 aromatic heterocycles. The number of carbonyl (C=O) groups excluding carboxylic acids is 2. The first-order valence-electron chi connectivity index (χ1n) is 10.6. The molecule has 9 heteroatoms. The van der Waals surface area contributed by atoms with Crippen molar-refractivity contribution in [2.75, 3.05) is 11.5 Å². The zero-order valence-electron chi connectivity index (χ0n) is 17.8. The molecule has 172 valence electrons. The van der Waals surface area contributed by atoms with Crippen molar-refractivity contribution in [1.82, 2.24) is 10.3 Å². The van der Waals surface area contributed by atoms with E-state index in [2.05, 4.69) is 10.3 Å². The van der Waals surface area contributed by atoms with Gasteiger partial charge in [-0.05, 0) is 49.6 Å². The van der Waals surface area contributed by atoms with Crippen LogP contribution in [0, 0.1) is 0 Å². The Balaban J connectivity index is 2.07. The maximum Gasteiger partial charge on any atom is 0.471 e. The normalized spacial score (nSPS) is 15.6. The van der Waals surface area contributed by atoms with E-state index in [1.165, 1.54) is 42.7 Å². The first-order valence-corrected chi connectivity index (χ1v) is 10.6. The molecule has 0 aliphatic heterocycles. The molecule has 32 heavy (non-hydrogen) atoms. The fraction of sp³-hybridized carbons (Fsp3) is 0.435. The minimum atomic E-state index is -5.18. The lowest BCUT2D eigenvalue weighted by Crippen LogP contribution is -2.50. The Morgan fingerprint density at radius 2 is 1.84 bits per heavy atom. The first kappa shape index (κ1) is 23.6. The van der Waals surface area contributed by atoms with Crippen LogP contribution in [0.4, 0.5) is 18.9 Å². The number of amides is 2. The molecule has 1 heterocycles. The van der Waals surface area contributed by atoms with Crippen molar-refractivity contribution in [2.24, 2.45) is 0 Å². The molecule has 2 amide bonds. The monoisotopic (exact) mass is 449 g/mol. The lowest BCUT2D eigenvalue weighted by atomic mass is 9.94. The molecule has 1 fully saturated rings. The number of aromatic nitrogens is 1. The Morgan fingerprint density at radius 3 is 2.47 bits per heavy atom. The van der Waals surface area contributed by atoms with Crippen LogP contribution in [0.5, 0.6) is 5.75 Å². The van der Waals surface area contributed by atoms with Crippen molar-refractivity contribution >= 4 is 17.5 Å². The summed E-state index contributed by atoms with van der Waals surface area (Å²) in [4.78, 5) is 30.3. The van der Waals surface area contributed by atoms with Gasteiger partial charge in [0.1, 0.15) is 11.8 Å². The van der Waals surface area contributed by atoms with Crippen LogP contribution < -0.4 is 15.0 Å². The molecule has 2 aromatic rings. The number of carbonyl (C=O) groups is 2. The first-order chi connectivity index (χ1) is 15.3. The van der Waals surface area contributed by atoms with Gasteiger partial charge < -0.3 is 10.1 Å². The number of hydrogen-bond acceptors (Lipinski definition) is 4. The van der Waals surface area contributed by atoms with E-state index in [9.17, 15) is 22.8 Å². The fourth-order valence-corrected chi connectivity index (χ4v) is 3.90. The van der Waals surface area contributed by atoms with Crippen molar-refractivity contribution < 1.29 is 27.5 Å². The van der Waals surface area contributed by atoms with Crippen LogP contribution in [0.3, 0.4) is 0 Å². The summed E-state index contributed by atoms with van der Waals surface area (Å²) in [5, 5.41) is 2.86. The van der Waals surface area contributed by atoms with Crippen molar-refractivity contribution in [1.29, 1.82) is 0 Å². The Morgan fingerprint density at radius 1 is 1.16 bits per heavy atom. The molecule has 0 bridgehead atoms. The number of ether oxygens (including phenoxy) is 1. The summed E-state index contributed by atoms with van der Waals surface area (Å²) in [5.74, 6) is -2.50. The van der Waals surface area contributed by atoms with Crippen LogP contribution in [-0.2, 0) is 9.59 Å². The fourth-order valence-electron chi connectivity index (χ4n) is 3.90. The molecule has 0 radical (unpaired) electrons. The van der Waals surface area contributed by atoms with Gasteiger partial charge in [-0.3, -0.25) is 19.5 Å². The zero-order chi connectivity index (χ0) is 23.1. The van der Waals surface area contributed by atoms with Gasteiger partial charge in [0, 0.05) is 30.2 Å². The maximum atomic E-state index is 13.7. The van der Waals surface area contributed by atoms with Crippen molar-refractivity contribution in [3.05, 3.63) is 54.4 Å². The minimum Gasteiger partial charge on any atom is -0.494 e. The van der Waals surface area contributed by atoms with E-state index >= 15 is 0 Å². The van der Waals surface area contributed by atoms with Crippen LogP contribution in [0.15, 0.2) is 48.8 Å². The Labute approximate surface area is 184 Å². The SMILES string of the molecule is CCOc1cccc(N(C(=O)C(F)(F)F)[C@H](C(=O)NC2CCCCC2)c2ccncc2)c1. The lowest BCUT2D eigenvalue weighted by Gasteiger charge is -2.33. The smallest absolute Gasteiger partial charge is 0.471 e. The molecule has 6 nitrogen and oxygen atoms in total. The third-order valence-electron chi connectivity index (χ3n) is 5.35. The molecule has 1 aliphatic rings. The Hall–Kier alpha value is -3.10. The van der Waals surface area contributed by atoms with Gasteiger partial charge in [-0.1, -0.05) is 25.3 Å². The van der Waals surface area contributed by atoms with E-state index in [0.717, 1.165) is 32.1 Å². The standard InChI is InChI=1S/C23H26F3N3O3/c1-2-32-19-10-6-9-18(15-19)29(22(31)23(24,25)26)20(16-11-13-27-14-12-16)21(30)28-17-7-4-3-5-8-17/h6,9-15,17,20H,2-5,7-8H2,1H3,(H,28,30)/t20-/m0/s1. The predicted octanol–water partition coefficient (Wildman–Crippen LogP) is 4.57. The second-order valence-electron chi connectivity index (χ2n) is 7.63. The molecule has 0 spiro atoms. The third-order valence-corrected chi connectivity index (χ3v) is 5.35. The summed E-state index contributed by atoms with van der Waals surface area (Å²) >= 11 is 0. The number of alkyl halides is 3. The van der Waals surface area contributed by atoms with Gasteiger partial charge in [0.05, 0.1) is 6.61 Å². The molecular weight excluding hydrogens is 423 g/mol. The number of rotatable bonds is 7. The van der Waals surface area contributed by atoms with Gasteiger partial charge in [0.15, 0.2) is 0 Å². The summed E-state index contributed by atoms with van der Waals surface area (Å²) < 4.78 is 46.4. The number of anilines is 1. The quantitative estimate of drug-likeness (QED) is 0.673. The molecule has 0 saturated heterocycles. The molecule has 0 unspecified atom stereocenters. The molecule has 1 aliphatic carbocycles. The summed E-state index contributed by atoms with van der Waals surface area (Å²) in [5.41, 5.74) is 0.145. The third kappa shape index (κ3) is 5.77. The highest BCUT2D eigenvalue weighted by Crippen LogP contribution is 2.34. The molecular formula is C23H26F3N3O3. The molecule has 1 aromatic carbocycles. The van der Waals surface area contributed by atoms with E-state index in [1.807, 2.05) is 0 Å². The summed E-state index contributed by atoms with van der Waals surface area (Å²) in [7, 11) is 0. The zero-order valence-corrected chi connectivity index (χ0v) is 17.8. The molecule has 1 N–H and O–H groups in total. The van der Waals surface area contributed by atoms with E-state index in [1.54, 1.807) is 13.0 Å². The predicted molar refractivity (Wildman–Crippen MR) is 113 cm³/mol. The van der Waals surface area contributed by atoms with Crippen molar-refractivity contribution in [2.45, 2.75) is 57.3 Å². The summed E-state index contributed by atoms with van der Waals surface area (Å²) in [6, 6.07) is 6.96. The molecule has 1 atom stereocenters. The van der Waals surface area contributed by atoms with Gasteiger partial charge in [-0.25, -0.2) is 0 Å². The van der Waals surface area contributed by atoms with Crippen LogP contribution >= 0.6 is 0 Å². The van der Waals surface area contributed by atoms with Gasteiger partial charge in [-0.15, -0.1) is 0 Å². The maximum absolute atomic E-state index is 13.7. The molecule has 1 saturated carbocycles. The highest BCUT2D eigenvalue weighted by atomic mass is 19.4. The highest BCUT2D eigenvalue weighted by molar-refractivity contribution is 6.04. The number of halogens is 3. The Bertz CT molecular complexity index is 915. The number of hydrogen-bond donors (Lipinski definition) is 1. The summed E-state index contributed by atoms with van der Waals surface area (Å²) in [6.45, 7) is 2.04. The van der Waals surface area contributed by atoms with Gasteiger partial charge in [0.25, 0.3) is 0 Å². The van der Waals surface area contributed by atoms with Crippen LogP contribution in [0.25, 0.3) is 0 Å². The van der Waals surface area contributed by atoms with E-state index in [-0.39, 0.29) is 17.3 Å². The van der Waals surface area contributed by atoms with Crippen LogP contribution in [0.1, 0.15) is 50.6 Å². The minimum absolute atomic E-state index is 0.0844. The van der Waals surface area contributed by atoms with Crippen molar-refractivity contribution in [3.63, 3.8) is 0 Å². The summed E-state index contributed by atoms with van der Waals surface area (Å²) in [6.07, 6.45) is 2.01. The van der Waals surface area contributed by atoms with E-state index in [0.29, 0.717) is 17.3 Å². The number of nitrogens with zero attached hydrogens (tertiary/aromatic N) is 2. The van der Waals surface area contributed by atoms with Crippen molar-refractivity contribution in [3.8, 4) is 5.75 Å². The van der Waals surface area contributed by atoms with Gasteiger partial charge >= 0.3 is 12.1 Å².